The Morgan fingerprint density at radius 1 is 1.64 bits per heavy atom. The highest BCUT2D eigenvalue weighted by molar-refractivity contribution is 6.21. The van der Waals surface area contributed by atoms with Gasteiger partial charge in [0.2, 0.25) is 0 Å². The summed E-state index contributed by atoms with van der Waals surface area (Å²) in [5, 5.41) is 11.3. The van der Waals surface area contributed by atoms with Gasteiger partial charge < -0.3 is 9.94 Å². The molecule has 4 heteroatoms. The van der Waals surface area contributed by atoms with Gasteiger partial charge in [0.05, 0.1) is 0 Å². The fraction of sp³-hybridized carbons (Fsp3) is 0.714. The molecule has 0 aromatic rings. The molecule has 0 bridgehead atoms. The number of nitrogens with zero attached hydrogens (tertiary/aromatic N) is 1. The van der Waals surface area contributed by atoms with E-state index in [1.807, 2.05) is 0 Å². The van der Waals surface area contributed by atoms with E-state index in [0.717, 1.165) is 25.5 Å². The van der Waals surface area contributed by atoms with Crippen LogP contribution in [0.5, 0.6) is 0 Å². The van der Waals surface area contributed by atoms with Crippen LogP contribution < -0.4 is 0 Å². The summed E-state index contributed by atoms with van der Waals surface area (Å²) in [4.78, 5) is 14.5. The number of hydrogen-bond acceptors (Lipinski definition) is 3. The van der Waals surface area contributed by atoms with E-state index in [4.69, 9.17) is 5.11 Å². The Labute approximate surface area is 65.8 Å². The molecule has 0 atom stereocenters. The molecule has 0 aliphatic carbocycles. The van der Waals surface area contributed by atoms with E-state index in [2.05, 4.69) is 16.9 Å². The number of unbranched alkanes of at least 4 members (excludes halogenated alkanes) is 2. The van der Waals surface area contributed by atoms with Crippen molar-refractivity contribution in [3.63, 3.8) is 0 Å². The first-order valence-corrected chi connectivity index (χ1v) is 3.65. The third-order valence-corrected chi connectivity index (χ3v) is 1.08. The largest absolute Gasteiger partial charge is 0.477 e. The first-order chi connectivity index (χ1) is 5.27. The lowest BCUT2D eigenvalue weighted by Gasteiger charge is -1.95. The standard InChI is InChI=1S/C7H13NO3/c1-2-3-4-5-11-8-6-7(9)10/h6H,2-5H2,1H3,(H,9,10). The molecule has 0 aliphatic heterocycles. The van der Waals surface area contributed by atoms with E-state index in [-0.39, 0.29) is 0 Å². The molecule has 1 N–H and O–H groups in total. The van der Waals surface area contributed by atoms with Crippen LogP contribution in [0.1, 0.15) is 26.2 Å². The van der Waals surface area contributed by atoms with Gasteiger partial charge in [-0.05, 0) is 6.42 Å². The number of rotatable bonds is 6. The molecule has 64 valence electrons. The van der Waals surface area contributed by atoms with Gasteiger partial charge in [-0.1, -0.05) is 24.9 Å². The predicted molar refractivity (Wildman–Crippen MR) is 41.6 cm³/mol. The summed E-state index contributed by atoms with van der Waals surface area (Å²) in [6.07, 6.45) is 3.87. The zero-order valence-electron chi connectivity index (χ0n) is 6.62. The number of oxime groups is 1. The summed E-state index contributed by atoms with van der Waals surface area (Å²) < 4.78 is 0. The quantitative estimate of drug-likeness (QED) is 0.360. The zero-order valence-corrected chi connectivity index (χ0v) is 6.62. The lowest BCUT2D eigenvalue weighted by Crippen LogP contribution is -1.96. The van der Waals surface area contributed by atoms with Gasteiger partial charge in [0.25, 0.3) is 0 Å². The minimum atomic E-state index is -1.08. The number of carbonyl (C=O) groups is 1. The summed E-state index contributed by atoms with van der Waals surface area (Å²) >= 11 is 0. The maximum absolute atomic E-state index is 9.86. The van der Waals surface area contributed by atoms with E-state index in [9.17, 15) is 4.79 Å². The molecular formula is C7H13NO3. The normalized spacial score (nSPS) is 10.3. The average Bonchev–Trinajstić information content (AvgIpc) is 1.96. The molecule has 11 heavy (non-hydrogen) atoms. The van der Waals surface area contributed by atoms with Crippen molar-refractivity contribution in [1.29, 1.82) is 0 Å². The fourth-order valence-electron chi connectivity index (χ4n) is 0.552. The van der Waals surface area contributed by atoms with Gasteiger partial charge in [0, 0.05) is 0 Å². The Morgan fingerprint density at radius 3 is 2.91 bits per heavy atom. The van der Waals surface area contributed by atoms with E-state index < -0.39 is 5.97 Å². The Bertz CT molecular complexity index is 134. The molecule has 0 saturated carbocycles. The van der Waals surface area contributed by atoms with Gasteiger partial charge >= 0.3 is 5.97 Å². The summed E-state index contributed by atoms with van der Waals surface area (Å²) in [6, 6.07) is 0. The lowest BCUT2D eigenvalue weighted by molar-refractivity contribution is -0.129. The highest BCUT2D eigenvalue weighted by Gasteiger charge is 1.87. The maximum Gasteiger partial charge on any atom is 0.350 e. The first-order valence-electron chi connectivity index (χ1n) is 3.65. The highest BCUT2D eigenvalue weighted by Crippen LogP contribution is 1.93. The van der Waals surface area contributed by atoms with Crippen LogP contribution in [0, 0.1) is 0 Å². The van der Waals surface area contributed by atoms with Gasteiger partial charge in [0.15, 0.2) is 6.21 Å². The van der Waals surface area contributed by atoms with E-state index >= 15 is 0 Å². The molecule has 0 aromatic carbocycles. The second-order valence-corrected chi connectivity index (χ2v) is 2.11. The molecule has 4 nitrogen and oxygen atoms in total. The average molecular weight is 159 g/mol. The Kier molecular flexibility index (Phi) is 6.37. The van der Waals surface area contributed by atoms with E-state index in [1.165, 1.54) is 0 Å². The van der Waals surface area contributed by atoms with Crippen molar-refractivity contribution in [2.24, 2.45) is 5.16 Å². The molecule has 0 radical (unpaired) electrons. The number of hydrogen-bond donors (Lipinski definition) is 1. The monoisotopic (exact) mass is 159 g/mol. The van der Waals surface area contributed by atoms with Gasteiger partial charge in [0.1, 0.15) is 6.61 Å². The first kappa shape index (κ1) is 9.94. The van der Waals surface area contributed by atoms with Crippen molar-refractivity contribution < 1.29 is 14.7 Å². The lowest BCUT2D eigenvalue weighted by atomic mass is 10.3. The van der Waals surface area contributed by atoms with E-state index in [1.54, 1.807) is 0 Å². The van der Waals surface area contributed by atoms with Crippen LogP contribution in [0.25, 0.3) is 0 Å². The van der Waals surface area contributed by atoms with Crippen molar-refractivity contribution >= 4 is 12.2 Å². The molecule has 0 spiro atoms. The van der Waals surface area contributed by atoms with Crippen molar-refractivity contribution in [2.45, 2.75) is 26.2 Å². The van der Waals surface area contributed by atoms with Crippen LogP contribution >= 0.6 is 0 Å². The fourth-order valence-corrected chi connectivity index (χ4v) is 0.552. The van der Waals surface area contributed by atoms with Gasteiger partial charge in [-0.15, -0.1) is 0 Å². The number of carboxylic acid groups (broad SMARTS) is 1. The molecule has 0 saturated heterocycles. The molecule has 0 aromatic heterocycles. The van der Waals surface area contributed by atoms with Crippen LogP contribution in [-0.4, -0.2) is 23.9 Å². The summed E-state index contributed by atoms with van der Waals surface area (Å²) in [5.41, 5.74) is 0. The third-order valence-electron chi connectivity index (χ3n) is 1.08. The minimum Gasteiger partial charge on any atom is -0.477 e. The second-order valence-electron chi connectivity index (χ2n) is 2.11. The van der Waals surface area contributed by atoms with Crippen LogP contribution in [0.2, 0.25) is 0 Å². The Hall–Kier alpha value is -1.06. The molecule has 0 heterocycles. The van der Waals surface area contributed by atoms with Crippen molar-refractivity contribution in [3.8, 4) is 0 Å². The van der Waals surface area contributed by atoms with Crippen molar-refractivity contribution in [2.75, 3.05) is 6.61 Å². The topological polar surface area (TPSA) is 58.9 Å². The maximum atomic E-state index is 9.86. The molecule has 0 fully saturated rings. The van der Waals surface area contributed by atoms with Crippen molar-refractivity contribution in [1.82, 2.24) is 0 Å². The zero-order chi connectivity index (χ0) is 8.53. The third kappa shape index (κ3) is 8.94. The summed E-state index contributed by atoms with van der Waals surface area (Å²) in [7, 11) is 0. The highest BCUT2D eigenvalue weighted by atomic mass is 16.6. The summed E-state index contributed by atoms with van der Waals surface area (Å²) in [5.74, 6) is -1.08. The van der Waals surface area contributed by atoms with Gasteiger partial charge in [-0.2, -0.15) is 0 Å². The molecular weight excluding hydrogens is 146 g/mol. The minimum absolute atomic E-state index is 0.498. The Balaban J connectivity index is 3.07. The smallest absolute Gasteiger partial charge is 0.350 e. The van der Waals surface area contributed by atoms with Gasteiger partial charge in [-0.3, -0.25) is 0 Å². The number of carboxylic acids is 1. The van der Waals surface area contributed by atoms with Crippen LogP contribution in [-0.2, 0) is 9.63 Å². The van der Waals surface area contributed by atoms with Crippen molar-refractivity contribution in [3.05, 3.63) is 0 Å². The predicted octanol–water partition coefficient (Wildman–Crippen LogP) is 1.26. The van der Waals surface area contributed by atoms with Gasteiger partial charge in [-0.25, -0.2) is 4.79 Å². The van der Waals surface area contributed by atoms with Crippen LogP contribution in [0.4, 0.5) is 0 Å². The van der Waals surface area contributed by atoms with E-state index in [0.29, 0.717) is 6.61 Å². The van der Waals surface area contributed by atoms with Crippen LogP contribution in [0.3, 0.4) is 0 Å². The summed E-state index contributed by atoms with van der Waals surface area (Å²) in [6.45, 7) is 2.58. The molecule has 0 amide bonds. The molecule has 0 rings (SSSR count). The SMILES string of the molecule is CCCCCON=CC(=O)O. The second kappa shape index (κ2) is 7.05. The number of aliphatic carboxylic acids is 1. The molecule has 0 aliphatic rings. The van der Waals surface area contributed by atoms with Crippen LogP contribution in [0.15, 0.2) is 5.16 Å². The Morgan fingerprint density at radius 2 is 2.36 bits per heavy atom. The molecule has 0 unspecified atom stereocenters.